The van der Waals surface area contributed by atoms with Gasteiger partial charge in [0.05, 0.1) is 5.56 Å². The molecule has 1 aromatic heterocycles. The molecule has 1 aromatic carbocycles. The van der Waals surface area contributed by atoms with Crippen LogP contribution in [0.15, 0.2) is 36.4 Å². The van der Waals surface area contributed by atoms with Crippen molar-refractivity contribution in [2.45, 2.75) is 26.7 Å². The zero-order chi connectivity index (χ0) is 13.7. The molecule has 2 aromatic rings. The third kappa shape index (κ3) is 3.93. The fourth-order valence-corrected chi connectivity index (χ4v) is 3.01. The van der Waals surface area contributed by atoms with Crippen LogP contribution in [0.1, 0.15) is 32.1 Å². The molecule has 0 fully saturated rings. The first-order valence-corrected chi connectivity index (χ1v) is 7.37. The lowest BCUT2D eigenvalue weighted by molar-refractivity contribution is 0.0953. The number of aryl methyl sites for hydroxylation is 3. The predicted octanol–water partition coefficient (Wildman–Crippen LogP) is 3.73. The minimum Gasteiger partial charge on any atom is -0.352 e. The Kier molecular flexibility index (Phi) is 4.74. The van der Waals surface area contributed by atoms with E-state index >= 15 is 0 Å². The van der Waals surface area contributed by atoms with Crippen molar-refractivity contribution in [3.05, 3.63) is 57.3 Å². The molecule has 19 heavy (non-hydrogen) atoms. The number of thiophene rings is 1. The van der Waals surface area contributed by atoms with E-state index in [0.717, 1.165) is 29.8 Å². The summed E-state index contributed by atoms with van der Waals surface area (Å²) < 4.78 is 0. The molecule has 0 atom stereocenters. The van der Waals surface area contributed by atoms with Gasteiger partial charge in [0, 0.05) is 16.3 Å². The Morgan fingerprint density at radius 2 is 1.95 bits per heavy atom. The molecule has 3 heteroatoms. The summed E-state index contributed by atoms with van der Waals surface area (Å²) in [5.41, 5.74) is 2.14. The molecule has 0 spiro atoms. The minimum absolute atomic E-state index is 0.0508. The van der Waals surface area contributed by atoms with E-state index < -0.39 is 0 Å². The van der Waals surface area contributed by atoms with Gasteiger partial charge in [-0.25, -0.2) is 0 Å². The van der Waals surface area contributed by atoms with Gasteiger partial charge in [-0.2, -0.15) is 0 Å². The monoisotopic (exact) mass is 273 g/mol. The molecule has 0 radical (unpaired) electrons. The average Bonchev–Trinajstić information content (AvgIpc) is 2.75. The van der Waals surface area contributed by atoms with Crippen LogP contribution < -0.4 is 5.32 Å². The fraction of sp³-hybridized carbons (Fsp3) is 0.312. The molecule has 1 amide bonds. The second kappa shape index (κ2) is 6.53. The Morgan fingerprint density at radius 1 is 1.21 bits per heavy atom. The van der Waals surface area contributed by atoms with Crippen molar-refractivity contribution >= 4 is 17.2 Å². The minimum atomic E-state index is 0.0508. The molecule has 2 rings (SSSR count). The van der Waals surface area contributed by atoms with Crippen LogP contribution in [-0.4, -0.2) is 12.5 Å². The zero-order valence-corrected chi connectivity index (χ0v) is 12.2. The van der Waals surface area contributed by atoms with Gasteiger partial charge in [0.1, 0.15) is 0 Å². The van der Waals surface area contributed by atoms with Gasteiger partial charge in [-0.05, 0) is 38.3 Å². The van der Waals surface area contributed by atoms with Crippen LogP contribution in [0.25, 0.3) is 0 Å². The van der Waals surface area contributed by atoms with Gasteiger partial charge >= 0.3 is 0 Å². The normalized spacial score (nSPS) is 10.4. The van der Waals surface area contributed by atoms with E-state index in [4.69, 9.17) is 0 Å². The maximum atomic E-state index is 12.0. The van der Waals surface area contributed by atoms with Crippen LogP contribution in [0.3, 0.4) is 0 Å². The number of nitrogens with one attached hydrogen (secondary N) is 1. The molecule has 0 aliphatic rings. The lowest BCUT2D eigenvalue weighted by atomic mass is 10.1. The first-order chi connectivity index (χ1) is 9.16. The molecule has 1 N–H and O–H groups in total. The van der Waals surface area contributed by atoms with E-state index in [0.29, 0.717) is 0 Å². The van der Waals surface area contributed by atoms with Crippen molar-refractivity contribution in [3.8, 4) is 0 Å². The van der Waals surface area contributed by atoms with Gasteiger partial charge in [0.2, 0.25) is 0 Å². The fourth-order valence-electron chi connectivity index (χ4n) is 2.09. The first-order valence-electron chi connectivity index (χ1n) is 6.56. The molecule has 0 bridgehead atoms. The highest BCUT2D eigenvalue weighted by Gasteiger charge is 2.10. The molecule has 0 saturated carbocycles. The highest BCUT2D eigenvalue weighted by molar-refractivity contribution is 7.12. The lowest BCUT2D eigenvalue weighted by Crippen LogP contribution is -2.24. The van der Waals surface area contributed by atoms with Crippen LogP contribution in [0.2, 0.25) is 0 Å². The first kappa shape index (κ1) is 13.8. The molecule has 0 aliphatic carbocycles. The van der Waals surface area contributed by atoms with Crippen LogP contribution in [0.4, 0.5) is 0 Å². The van der Waals surface area contributed by atoms with Gasteiger partial charge in [-0.15, -0.1) is 11.3 Å². The number of carbonyl (C=O) groups is 1. The predicted molar refractivity (Wildman–Crippen MR) is 80.9 cm³/mol. The van der Waals surface area contributed by atoms with Crippen LogP contribution in [0.5, 0.6) is 0 Å². The third-order valence-electron chi connectivity index (χ3n) is 3.06. The highest BCUT2D eigenvalue weighted by atomic mass is 32.1. The van der Waals surface area contributed by atoms with Gasteiger partial charge in [-0.3, -0.25) is 4.79 Å². The summed E-state index contributed by atoms with van der Waals surface area (Å²) in [5, 5.41) is 2.99. The van der Waals surface area contributed by atoms with Crippen molar-refractivity contribution in [1.82, 2.24) is 5.32 Å². The molecular formula is C16H19NOS. The van der Waals surface area contributed by atoms with Crippen molar-refractivity contribution in [2.75, 3.05) is 6.54 Å². The Morgan fingerprint density at radius 3 is 2.58 bits per heavy atom. The quantitative estimate of drug-likeness (QED) is 0.826. The van der Waals surface area contributed by atoms with Gasteiger partial charge in [0.15, 0.2) is 0 Å². The Balaban J connectivity index is 1.77. The van der Waals surface area contributed by atoms with E-state index in [1.807, 2.05) is 38.1 Å². The second-order valence-corrected chi connectivity index (χ2v) is 6.13. The molecular weight excluding hydrogens is 254 g/mol. The lowest BCUT2D eigenvalue weighted by Gasteiger charge is -2.05. The van der Waals surface area contributed by atoms with Crippen LogP contribution in [-0.2, 0) is 6.42 Å². The van der Waals surface area contributed by atoms with E-state index in [1.54, 1.807) is 11.3 Å². The van der Waals surface area contributed by atoms with Crippen LogP contribution >= 0.6 is 11.3 Å². The van der Waals surface area contributed by atoms with Gasteiger partial charge in [0.25, 0.3) is 5.91 Å². The summed E-state index contributed by atoms with van der Waals surface area (Å²) in [4.78, 5) is 14.3. The molecule has 2 nitrogen and oxygen atoms in total. The van der Waals surface area contributed by atoms with Crippen molar-refractivity contribution < 1.29 is 4.79 Å². The summed E-state index contributed by atoms with van der Waals surface area (Å²) in [6.45, 7) is 4.75. The number of hydrogen-bond donors (Lipinski definition) is 1. The molecule has 0 saturated heterocycles. The molecule has 0 unspecified atom stereocenters. The van der Waals surface area contributed by atoms with Crippen molar-refractivity contribution in [3.63, 3.8) is 0 Å². The van der Waals surface area contributed by atoms with Gasteiger partial charge < -0.3 is 5.32 Å². The molecule has 100 valence electrons. The van der Waals surface area contributed by atoms with E-state index in [1.165, 1.54) is 10.4 Å². The number of amides is 1. The number of carbonyl (C=O) groups excluding carboxylic acids is 1. The number of hydrogen-bond acceptors (Lipinski definition) is 2. The topological polar surface area (TPSA) is 29.1 Å². The Bertz CT molecular complexity index is 545. The zero-order valence-electron chi connectivity index (χ0n) is 11.4. The standard InChI is InChI=1S/C16H19NOS/c1-12-11-15(13(2)19-12)16(18)17-10-6-9-14-7-4-3-5-8-14/h3-5,7-8,11H,6,9-10H2,1-2H3,(H,17,18). The second-order valence-electron chi connectivity index (χ2n) is 4.67. The summed E-state index contributed by atoms with van der Waals surface area (Å²) in [5.74, 6) is 0.0508. The molecule has 1 heterocycles. The van der Waals surface area contributed by atoms with Gasteiger partial charge in [-0.1, -0.05) is 30.3 Å². The maximum absolute atomic E-state index is 12.0. The smallest absolute Gasteiger partial charge is 0.252 e. The van der Waals surface area contributed by atoms with E-state index in [2.05, 4.69) is 17.4 Å². The summed E-state index contributed by atoms with van der Waals surface area (Å²) >= 11 is 1.67. The summed E-state index contributed by atoms with van der Waals surface area (Å²) in [6, 6.07) is 12.3. The SMILES string of the molecule is Cc1cc(C(=O)NCCCc2ccccc2)c(C)s1. The Labute approximate surface area is 118 Å². The third-order valence-corrected chi connectivity index (χ3v) is 4.02. The summed E-state index contributed by atoms with van der Waals surface area (Å²) in [7, 11) is 0. The van der Waals surface area contributed by atoms with E-state index in [-0.39, 0.29) is 5.91 Å². The van der Waals surface area contributed by atoms with Crippen molar-refractivity contribution in [2.24, 2.45) is 0 Å². The number of benzene rings is 1. The summed E-state index contributed by atoms with van der Waals surface area (Å²) in [6.07, 6.45) is 1.97. The van der Waals surface area contributed by atoms with Crippen LogP contribution in [0, 0.1) is 13.8 Å². The largest absolute Gasteiger partial charge is 0.352 e. The number of rotatable bonds is 5. The Hall–Kier alpha value is -1.61. The molecule has 0 aliphatic heterocycles. The van der Waals surface area contributed by atoms with Crippen molar-refractivity contribution in [1.29, 1.82) is 0 Å². The highest BCUT2D eigenvalue weighted by Crippen LogP contribution is 2.20. The average molecular weight is 273 g/mol. The maximum Gasteiger partial charge on any atom is 0.252 e. The van der Waals surface area contributed by atoms with E-state index in [9.17, 15) is 4.79 Å².